The summed E-state index contributed by atoms with van der Waals surface area (Å²) in [6.45, 7) is 1.87. The summed E-state index contributed by atoms with van der Waals surface area (Å²) in [7, 11) is 0. The molecule has 1 aliphatic rings. The van der Waals surface area contributed by atoms with Gasteiger partial charge in [-0.2, -0.15) is 0 Å². The molecule has 1 aromatic carbocycles. The van der Waals surface area contributed by atoms with Crippen LogP contribution in [-0.4, -0.2) is 11.9 Å². The van der Waals surface area contributed by atoms with Crippen LogP contribution in [0.3, 0.4) is 0 Å². The molecule has 1 atom stereocenters. The highest BCUT2D eigenvalue weighted by atomic mass is 79.9. The van der Waals surface area contributed by atoms with Crippen LogP contribution in [0.15, 0.2) is 28.8 Å². The molecular weight excluding hydrogens is 292 g/mol. The number of allylic oxidation sites excluding steroid dienone is 1. The molecule has 0 fully saturated rings. The lowest BCUT2D eigenvalue weighted by Crippen LogP contribution is -2.35. The molecular formula is C14H17BrN2O. The zero-order chi connectivity index (χ0) is 13.1. The molecule has 0 spiro atoms. The lowest BCUT2D eigenvalue weighted by Gasteiger charge is -2.20. The van der Waals surface area contributed by atoms with E-state index in [2.05, 4.69) is 33.4 Å². The van der Waals surface area contributed by atoms with Gasteiger partial charge in [0.1, 0.15) is 0 Å². The molecule has 18 heavy (non-hydrogen) atoms. The number of hydrogen-bond donors (Lipinski definition) is 2. The summed E-state index contributed by atoms with van der Waals surface area (Å²) in [5, 5.41) is 3.06. The average molecular weight is 309 g/mol. The average Bonchev–Trinajstić information content (AvgIpc) is 2.35. The Hall–Kier alpha value is -1.29. The fraction of sp³-hybridized carbons (Fsp3) is 0.357. The molecule has 0 bridgehead atoms. The van der Waals surface area contributed by atoms with Crippen LogP contribution in [-0.2, 0) is 0 Å². The van der Waals surface area contributed by atoms with Gasteiger partial charge in [-0.1, -0.05) is 28.1 Å². The number of anilines is 1. The Bertz CT molecular complexity index is 497. The summed E-state index contributed by atoms with van der Waals surface area (Å²) < 4.78 is 0.833. The highest BCUT2D eigenvalue weighted by Gasteiger charge is 2.17. The molecule has 3 N–H and O–H groups in total. The Morgan fingerprint density at radius 2 is 2.22 bits per heavy atom. The lowest BCUT2D eigenvalue weighted by molar-refractivity contribution is 0.0934. The minimum absolute atomic E-state index is 0.0409. The van der Waals surface area contributed by atoms with Gasteiger partial charge < -0.3 is 11.1 Å². The molecule has 1 aromatic rings. The van der Waals surface area contributed by atoms with Gasteiger partial charge in [-0.25, -0.2) is 0 Å². The van der Waals surface area contributed by atoms with Gasteiger partial charge in [0, 0.05) is 21.8 Å². The second-order valence-electron chi connectivity index (χ2n) is 4.62. The maximum absolute atomic E-state index is 12.2. The highest BCUT2D eigenvalue weighted by molar-refractivity contribution is 9.10. The SMILES string of the molecule is Cc1c(N)cc(Br)cc1C(=O)NC1CC=CCC1. The van der Waals surface area contributed by atoms with Crippen molar-refractivity contribution in [2.45, 2.75) is 32.2 Å². The van der Waals surface area contributed by atoms with Crippen LogP contribution in [0.5, 0.6) is 0 Å². The summed E-state index contributed by atoms with van der Waals surface area (Å²) in [5.41, 5.74) is 7.99. The fourth-order valence-electron chi connectivity index (χ4n) is 2.12. The van der Waals surface area contributed by atoms with Crippen LogP contribution >= 0.6 is 15.9 Å². The van der Waals surface area contributed by atoms with E-state index in [0.29, 0.717) is 11.3 Å². The van der Waals surface area contributed by atoms with Gasteiger partial charge in [0.05, 0.1) is 0 Å². The van der Waals surface area contributed by atoms with Crippen LogP contribution in [0.2, 0.25) is 0 Å². The van der Waals surface area contributed by atoms with Gasteiger partial charge in [-0.3, -0.25) is 4.79 Å². The highest BCUT2D eigenvalue weighted by Crippen LogP contribution is 2.23. The van der Waals surface area contributed by atoms with Gasteiger partial charge >= 0.3 is 0 Å². The molecule has 3 nitrogen and oxygen atoms in total. The third kappa shape index (κ3) is 2.93. The van der Waals surface area contributed by atoms with Gasteiger partial charge in [0.15, 0.2) is 0 Å². The second-order valence-corrected chi connectivity index (χ2v) is 5.54. The van der Waals surface area contributed by atoms with Crippen LogP contribution in [0.4, 0.5) is 5.69 Å². The van der Waals surface area contributed by atoms with Crippen LogP contribution in [0.1, 0.15) is 35.2 Å². The molecule has 4 heteroatoms. The van der Waals surface area contributed by atoms with Crippen molar-refractivity contribution in [1.29, 1.82) is 0 Å². The minimum Gasteiger partial charge on any atom is -0.398 e. The molecule has 0 heterocycles. The molecule has 1 amide bonds. The number of benzene rings is 1. The smallest absolute Gasteiger partial charge is 0.251 e. The second kappa shape index (κ2) is 5.57. The van der Waals surface area contributed by atoms with Crippen LogP contribution in [0.25, 0.3) is 0 Å². The van der Waals surface area contributed by atoms with Crippen molar-refractivity contribution in [3.63, 3.8) is 0 Å². The normalized spacial score (nSPS) is 18.7. The number of amides is 1. The molecule has 96 valence electrons. The van der Waals surface area contributed by atoms with E-state index in [4.69, 9.17) is 5.73 Å². The largest absolute Gasteiger partial charge is 0.398 e. The van der Waals surface area contributed by atoms with Crippen molar-refractivity contribution in [2.24, 2.45) is 0 Å². The van der Waals surface area contributed by atoms with Crippen LogP contribution < -0.4 is 11.1 Å². The molecule has 0 saturated heterocycles. The third-order valence-electron chi connectivity index (χ3n) is 3.26. The Labute approximate surface area is 116 Å². The van der Waals surface area contributed by atoms with E-state index in [1.54, 1.807) is 0 Å². The van der Waals surface area contributed by atoms with E-state index < -0.39 is 0 Å². The number of hydrogen-bond acceptors (Lipinski definition) is 2. The van der Waals surface area contributed by atoms with Gasteiger partial charge in [0.25, 0.3) is 5.91 Å². The molecule has 0 saturated carbocycles. The standard InChI is InChI=1S/C14H17BrN2O/c1-9-12(7-10(15)8-13(9)16)14(18)17-11-5-3-2-4-6-11/h2-3,7-8,11H,4-6,16H2,1H3,(H,17,18). The van der Waals surface area contributed by atoms with E-state index in [9.17, 15) is 4.79 Å². The van der Waals surface area contributed by atoms with E-state index in [0.717, 1.165) is 29.3 Å². The summed E-state index contributed by atoms with van der Waals surface area (Å²) >= 11 is 3.37. The Kier molecular flexibility index (Phi) is 4.07. The summed E-state index contributed by atoms with van der Waals surface area (Å²) in [4.78, 5) is 12.2. The zero-order valence-corrected chi connectivity index (χ0v) is 12.0. The summed E-state index contributed by atoms with van der Waals surface area (Å²) in [5.74, 6) is -0.0409. The monoisotopic (exact) mass is 308 g/mol. The number of rotatable bonds is 2. The molecule has 1 unspecified atom stereocenters. The number of nitrogens with one attached hydrogen (secondary N) is 1. The van der Waals surface area contributed by atoms with Gasteiger partial charge in [-0.15, -0.1) is 0 Å². The van der Waals surface area contributed by atoms with Crippen molar-refractivity contribution in [1.82, 2.24) is 5.32 Å². The topological polar surface area (TPSA) is 55.1 Å². The number of carbonyl (C=O) groups is 1. The van der Waals surface area contributed by atoms with Crippen molar-refractivity contribution in [3.05, 3.63) is 39.9 Å². The molecule has 1 aliphatic carbocycles. The quantitative estimate of drug-likeness (QED) is 0.651. The maximum Gasteiger partial charge on any atom is 0.251 e. The van der Waals surface area contributed by atoms with E-state index in [-0.39, 0.29) is 11.9 Å². The predicted molar refractivity (Wildman–Crippen MR) is 77.5 cm³/mol. The fourth-order valence-corrected chi connectivity index (χ4v) is 2.60. The molecule has 2 rings (SSSR count). The summed E-state index contributed by atoms with van der Waals surface area (Å²) in [6, 6.07) is 3.87. The Balaban J connectivity index is 2.15. The van der Waals surface area contributed by atoms with E-state index in [1.807, 2.05) is 19.1 Å². The minimum atomic E-state index is -0.0409. The first kappa shape index (κ1) is 13.1. The first-order valence-electron chi connectivity index (χ1n) is 6.09. The summed E-state index contributed by atoms with van der Waals surface area (Å²) in [6.07, 6.45) is 7.23. The number of carbonyl (C=O) groups excluding carboxylic acids is 1. The van der Waals surface area contributed by atoms with Crippen molar-refractivity contribution < 1.29 is 4.79 Å². The molecule has 0 aromatic heterocycles. The van der Waals surface area contributed by atoms with Crippen molar-refractivity contribution in [2.75, 3.05) is 5.73 Å². The molecule has 0 radical (unpaired) electrons. The van der Waals surface area contributed by atoms with Crippen molar-refractivity contribution in [3.8, 4) is 0 Å². The first-order valence-corrected chi connectivity index (χ1v) is 6.88. The number of nitrogen functional groups attached to an aromatic ring is 1. The predicted octanol–water partition coefficient (Wildman–Crippen LogP) is 3.18. The Morgan fingerprint density at radius 1 is 1.44 bits per heavy atom. The number of nitrogens with two attached hydrogens (primary N) is 1. The Morgan fingerprint density at radius 3 is 2.89 bits per heavy atom. The van der Waals surface area contributed by atoms with E-state index in [1.165, 1.54) is 0 Å². The van der Waals surface area contributed by atoms with E-state index >= 15 is 0 Å². The van der Waals surface area contributed by atoms with Gasteiger partial charge in [0.2, 0.25) is 0 Å². The molecule has 0 aliphatic heterocycles. The number of halogens is 1. The zero-order valence-electron chi connectivity index (χ0n) is 10.4. The first-order chi connectivity index (χ1) is 8.58. The van der Waals surface area contributed by atoms with Gasteiger partial charge in [-0.05, 0) is 43.9 Å². The lowest BCUT2D eigenvalue weighted by atomic mass is 10.0. The third-order valence-corrected chi connectivity index (χ3v) is 3.72. The van der Waals surface area contributed by atoms with Crippen molar-refractivity contribution >= 4 is 27.5 Å². The van der Waals surface area contributed by atoms with Crippen LogP contribution in [0, 0.1) is 6.92 Å². The maximum atomic E-state index is 12.2.